The van der Waals surface area contributed by atoms with Crippen molar-refractivity contribution in [2.24, 2.45) is 5.10 Å². The van der Waals surface area contributed by atoms with E-state index in [1.54, 1.807) is 23.4 Å². The van der Waals surface area contributed by atoms with Crippen molar-refractivity contribution in [1.82, 2.24) is 5.01 Å². The Kier molecular flexibility index (Phi) is 2.80. The van der Waals surface area contributed by atoms with Gasteiger partial charge in [-0.25, -0.2) is 4.39 Å². The SMILES string of the molecule is CN(C)N=Cc1cccc(F)c1. The van der Waals surface area contributed by atoms with E-state index in [4.69, 9.17) is 0 Å². The fourth-order valence-corrected chi connectivity index (χ4v) is 0.769. The van der Waals surface area contributed by atoms with Crippen LogP contribution in [-0.4, -0.2) is 25.3 Å². The number of rotatable bonds is 2. The highest BCUT2D eigenvalue weighted by Gasteiger charge is 1.90. The first kappa shape index (κ1) is 8.71. The van der Waals surface area contributed by atoms with Gasteiger partial charge in [0, 0.05) is 14.1 Å². The average Bonchev–Trinajstić information content (AvgIpc) is 2.01. The fourth-order valence-electron chi connectivity index (χ4n) is 0.769. The number of hydrazone groups is 1. The standard InChI is InChI=1S/C9H11FN2/c1-12(2)11-7-8-4-3-5-9(10)6-8/h3-7H,1-2H3. The van der Waals surface area contributed by atoms with Gasteiger partial charge in [0.15, 0.2) is 0 Å². The summed E-state index contributed by atoms with van der Waals surface area (Å²) in [6.07, 6.45) is 1.61. The van der Waals surface area contributed by atoms with E-state index in [9.17, 15) is 4.39 Å². The largest absolute Gasteiger partial charge is 0.303 e. The number of benzene rings is 1. The van der Waals surface area contributed by atoms with Crippen LogP contribution in [0.3, 0.4) is 0 Å². The monoisotopic (exact) mass is 166 g/mol. The van der Waals surface area contributed by atoms with Crippen LogP contribution in [0.1, 0.15) is 5.56 Å². The van der Waals surface area contributed by atoms with Gasteiger partial charge in [0.25, 0.3) is 0 Å². The van der Waals surface area contributed by atoms with Crippen LogP contribution < -0.4 is 0 Å². The summed E-state index contributed by atoms with van der Waals surface area (Å²) < 4.78 is 12.6. The molecule has 2 nitrogen and oxygen atoms in total. The smallest absolute Gasteiger partial charge is 0.123 e. The highest BCUT2D eigenvalue weighted by molar-refractivity contribution is 5.79. The summed E-state index contributed by atoms with van der Waals surface area (Å²) in [4.78, 5) is 0. The normalized spacial score (nSPS) is 10.6. The molecule has 1 aromatic carbocycles. The molecular weight excluding hydrogens is 155 g/mol. The van der Waals surface area contributed by atoms with Gasteiger partial charge >= 0.3 is 0 Å². The molecule has 1 aromatic rings. The molecule has 0 atom stereocenters. The third kappa shape index (κ3) is 2.70. The van der Waals surface area contributed by atoms with Crippen LogP contribution in [0.15, 0.2) is 29.4 Å². The zero-order valence-corrected chi connectivity index (χ0v) is 7.16. The molecule has 3 heteroatoms. The molecule has 0 aliphatic heterocycles. The first-order valence-electron chi connectivity index (χ1n) is 3.65. The summed E-state index contributed by atoms with van der Waals surface area (Å²) in [5.74, 6) is -0.238. The number of nitrogens with zero attached hydrogens (tertiary/aromatic N) is 2. The average molecular weight is 166 g/mol. The fraction of sp³-hybridized carbons (Fsp3) is 0.222. The lowest BCUT2D eigenvalue weighted by molar-refractivity contribution is 0.440. The van der Waals surface area contributed by atoms with Crippen LogP contribution in [0.25, 0.3) is 0 Å². The van der Waals surface area contributed by atoms with Crippen LogP contribution in [0.2, 0.25) is 0 Å². The summed E-state index contributed by atoms with van der Waals surface area (Å²) >= 11 is 0. The molecule has 0 saturated heterocycles. The molecule has 0 N–H and O–H groups in total. The molecule has 12 heavy (non-hydrogen) atoms. The summed E-state index contributed by atoms with van der Waals surface area (Å²) in [5, 5.41) is 5.64. The number of halogens is 1. The van der Waals surface area contributed by atoms with E-state index in [1.807, 2.05) is 14.1 Å². The van der Waals surface area contributed by atoms with Crippen molar-refractivity contribution in [1.29, 1.82) is 0 Å². The maximum atomic E-state index is 12.6. The molecule has 0 saturated carbocycles. The highest BCUT2D eigenvalue weighted by Crippen LogP contribution is 2.00. The molecular formula is C9H11FN2. The van der Waals surface area contributed by atoms with Crippen LogP contribution >= 0.6 is 0 Å². The molecule has 64 valence electrons. The topological polar surface area (TPSA) is 15.6 Å². The van der Waals surface area contributed by atoms with Gasteiger partial charge in [0.2, 0.25) is 0 Å². The Labute approximate surface area is 71.3 Å². The highest BCUT2D eigenvalue weighted by atomic mass is 19.1. The van der Waals surface area contributed by atoms with Crippen LogP contribution in [0, 0.1) is 5.82 Å². The van der Waals surface area contributed by atoms with E-state index >= 15 is 0 Å². The summed E-state index contributed by atoms with van der Waals surface area (Å²) in [6.45, 7) is 0. The van der Waals surface area contributed by atoms with E-state index in [-0.39, 0.29) is 5.82 Å². The van der Waals surface area contributed by atoms with Gasteiger partial charge in [-0.1, -0.05) is 12.1 Å². The second-order valence-corrected chi connectivity index (χ2v) is 2.65. The lowest BCUT2D eigenvalue weighted by atomic mass is 10.2. The Bertz CT molecular complexity index is 282. The molecule has 0 aliphatic carbocycles. The molecule has 0 aliphatic rings. The van der Waals surface area contributed by atoms with Crippen molar-refractivity contribution in [2.45, 2.75) is 0 Å². The lowest BCUT2D eigenvalue weighted by Gasteiger charge is -2.01. The predicted molar refractivity (Wildman–Crippen MR) is 47.7 cm³/mol. The van der Waals surface area contributed by atoms with E-state index < -0.39 is 0 Å². The zero-order valence-electron chi connectivity index (χ0n) is 7.16. The molecule has 0 heterocycles. The predicted octanol–water partition coefficient (Wildman–Crippen LogP) is 1.72. The molecule has 1 rings (SSSR count). The van der Waals surface area contributed by atoms with Gasteiger partial charge in [-0.15, -0.1) is 0 Å². The van der Waals surface area contributed by atoms with Gasteiger partial charge in [-0.05, 0) is 17.7 Å². The lowest BCUT2D eigenvalue weighted by Crippen LogP contribution is -2.01. The van der Waals surface area contributed by atoms with Crippen molar-refractivity contribution >= 4 is 6.21 Å². The number of hydrogen-bond acceptors (Lipinski definition) is 2. The summed E-state index contributed by atoms with van der Waals surface area (Å²) in [7, 11) is 3.63. The second kappa shape index (κ2) is 3.85. The first-order valence-corrected chi connectivity index (χ1v) is 3.65. The van der Waals surface area contributed by atoms with Crippen LogP contribution in [0.4, 0.5) is 4.39 Å². The molecule has 0 fully saturated rings. The Hall–Kier alpha value is -1.38. The molecule has 0 spiro atoms. The third-order valence-corrected chi connectivity index (χ3v) is 1.29. The van der Waals surface area contributed by atoms with Crippen molar-refractivity contribution in [2.75, 3.05) is 14.1 Å². The van der Waals surface area contributed by atoms with Crippen molar-refractivity contribution < 1.29 is 4.39 Å². The van der Waals surface area contributed by atoms with E-state index in [2.05, 4.69) is 5.10 Å². The second-order valence-electron chi connectivity index (χ2n) is 2.65. The molecule has 0 amide bonds. The van der Waals surface area contributed by atoms with Gasteiger partial charge in [-0.3, -0.25) is 0 Å². The first-order chi connectivity index (χ1) is 5.68. The van der Waals surface area contributed by atoms with Crippen molar-refractivity contribution in [3.63, 3.8) is 0 Å². The van der Waals surface area contributed by atoms with E-state index in [0.717, 1.165) is 5.56 Å². The maximum Gasteiger partial charge on any atom is 0.123 e. The Balaban J connectivity index is 2.76. The molecule has 0 bridgehead atoms. The van der Waals surface area contributed by atoms with Crippen molar-refractivity contribution in [3.05, 3.63) is 35.6 Å². The van der Waals surface area contributed by atoms with Gasteiger partial charge in [0.1, 0.15) is 5.82 Å². The maximum absolute atomic E-state index is 12.6. The Morgan fingerprint density at radius 1 is 1.42 bits per heavy atom. The van der Waals surface area contributed by atoms with Crippen LogP contribution in [0.5, 0.6) is 0 Å². The van der Waals surface area contributed by atoms with Gasteiger partial charge in [0.05, 0.1) is 6.21 Å². The summed E-state index contributed by atoms with van der Waals surface area (Å²) in [6, 6.07) is 6.31. The van der Waals surface area contributed by atoms with Crippen LogP contribution in [-0.2, 0) is 0 Å². The van der Waals surface area contributed by atoms with E-state index in [1.165, 1.54) is 12.1 Å². The summed E-state index contributed by atoms with van der Waals surface area (Å²) in [5.41, 5.74) is 0.767. The third-order valence-electron chi connectivity index (χ3n) is 1.29. The van der Waals surface area contributed by atoms with E-state index in [0.29, 0.717) is 0 Å². The minimum Gasteiger partial charge on any atom is -0.303 e. The number of hydrogen-bond donors (Lipinski definition) is 0. The molecule has 0 aromatic heterocycles. The van der Waals surface area contributed by atoms with Crippen molar-refractivity contribution in [3.8, 4) is 0 Å². The minimum atomic E-state index is -0.238. The Morgan fingerprint density at radius 2 is 2.17 bits per heavy atom. The Morgan fingerprint density at radius 3 is 2.75 bits per heavy atom. The molecule has 0 unspecified atom stereocenters. The quantitative estimate of drug-likeness (QED) is 0.482. The molecule has 0 radical (unpaired) electrons. The van der Waals surface area contributed by atoms with Gasteiger partial charge in [-0.2, -0.15) is 5.10 Å². The zero-order chi connectivity index (χ0) is 8.97. The minimum absolute atomic E-state index is 0.238. The van der Waals surface area contributed by atoms with Gasteiger partial charge < -0.3 is 5.01 Å².